The highest BCUT2D eigenvalue weighted by Gasteiger charge is 2.07. The van der Waals surface area contributed by atoms with Gasteiger partial charge in [-0.2, -0.15) is 0 Å². The zero-order valence-electron chi connectivity index (χ0n) is 6.32. The van der Waals surface area contributed by atoms with E-state index in [1.165, 1.54) is 0 Å². The highest BCUT2D eigenvalue weighted by Crippen LogP contribution is 1.91. The Labute approximate surface area is 65.2 Å². The Morgan fingerprint density at radius 3 is 2.82 bits per heavy atom. The Balaban J connectivity index is 1.97. The Morgan fingerprint density at radius 1 is 1.45 bits per heavy atom. The lowest BCUT2D eigenvalue weighted by Gasteiger charge is -2.10. The molecular weight excluding hydrogens is 144 g/mol. The molecule has 0 unspecified atom stereocenters. The van der Waals surface area contributed by atoms with Gasteiger partial charge in [0.2, 0.25) is 0 Å². The van der Waals surface area contributed by atoms with E-state index in [0.717, 1.165) is 26.3 Å². The number of nitrogens with zero attached hydrogens (tertiary/aromatic N) is 4. The van der Waals surface area contributed by atoms with Crippen molar-refractivity contribution in [1.82, 2.24) is 15.8 Å². The summed E-state index contributed by atoms with van der Waals surface area (Å²) < 4.78 is 0. The van der Waals surface area contributed by atoms with Gasteiger partial charge >= 0.3 is 0 Å². The molecule has 1 fully saturated rings. The number of hydrogen-bond acceptors (Lipinski definition) is 4. The highest BCUT2D eigenvalue weighted by atomic mass is 15.5. The van der Waals surface area contributed by atoms with Gasteiger partial charge in [-0.05, 0) is 12.0 Å². The van der Waals surface area contributed by atoms with Gasteiger partial charge in [0.05, 0.1) is 13.3 Å². The van der Waals surface area contributed by atoms with Crippen molar-refractivity contribution in [1.29, 1.82) is 0 Å². The summed E-state index contributed by atoms with van der Waals surface area (Å²) in [6, 6.07) is 0. The molecule has 0 aromatic rings. The molecule has 1 aliphatic heterocycles. The van der Waals surface area contributed by atoms with Crippen LogP contribution in [-0.4, -0.2) is 31.3 Å². The number of hydrogen-bond donors (Lipinski definition) is 2. The van der Waals surface area contributed by atoms with Crippen LogP contribution >= 0.6 is 0 Å². The van der Waals surface area contributed by atoms with Crippen LogP contribution in [-0.2, 0) is 0 Å². The lowest BCUT2D eigenvalue weighted by atomic mass is 10.4. The van der Waals surface area contributed by atoms with Gasteiger partial charge in [0.15, 0.2) is 0 Å². The number of azide groups is 1. The number of nitrogens with one attached hydrogen (secondary N) is 2. The van der Waals surface area contributed by atoms with Crippen molar-refractivity contribution in [3.63, 3.8) is 0 Å². The molecule has 0 amide bonds. The van der Waals surface area contributed by atoms with Crippen LogP contribution in [0, 0.1) is 0 Å². The molecule has 1 saturated heterocycles. The maximum absolute atomic E-state index is 7.98. The Morgan fingerprint density at radius 2 is 2.18 bits per heavy atom. The van der Waals surface area contributed by atoms with Gasteiger partial charge in [0, 0.05) is 18.0 Å². The second-order valence-electron chi connectivity index (χ2n) is 2.37. The average molecular weight is 156 g/mol. The molecule has 0 atom stereocenters. The summed E-state index contributed by atoms with van der Waals surface area (Å²) >= 11 is 0. The van der Waals surface area contributed by atoms with E-state index in [1.54, 1.807) is 0 Å². The van der Waals surface area contributed by atoms with E-state index in [0.29, 0.717) is 6.54 Å². The third-order valence-corrected chi connectivity index (χ3v) is 1.53. The van der Waals surface area contributed by atoms with Crippen LogP contribution in [0.1, 0.15) is 6.42 Å². The van der Waals surface area contributed by atoms with E-state index in [1.807, 2.05) is 0 Å². The summed E-state index contributed by atoms with van der Waals surface area (Å²) in [5, 5.41) is 3.45. The molecule has 0 saturated carbocycles. The van der Waals surface area contributed by atoms with E-state index in [4.69, 9.17) is 5.53 Å². The smallest absolute Gasteiger partial charge is 0.0626 e. The van der Waals surface area contributed by atoms with E-state index < -0.39 is 0 Å². The lowest BCUT2D eigenvalue weighted by molar-refractivity contribution is 0.327. The average Bonchev–Trinajstić information content (AvgIpc) is 2.50. The second kappa shape index (κ2) is 4.92. The molecule has 62 valence electrons. The zero-order chi connectivity index (χ0) is 7.94. The van der Waals surface area contributed by atoms with Crippen molar-refractivity contribution in [3.05, 3.63) is 10.4 Å². The summed E-state index contributed by atoms with van der Waals surface area (Å²) in [4.78, 5) is 4.88. The Hall–Kier alpha value is -0.810. The van der Waals surface area contributed by atoms with Gasteiger partial charge in [-0.15, -0.1) is 0 Å². The molecule has 0 spiro atoms. The number of rotatable bonds is 4. The predicted molar refractivity (Wildman–Crippen MR) is 41.3 cm³/mol. The standard InChI is InChI=1S/C5H12N6/c6-10-7-2-1-3-11-4-8-9-5-11/h8-9H,1-5H2. The molecule has 6 nitrogen and oxygen atoms in total. The fourth-order valence-corrected chi connectivity index (χ4v) is 0.959. The van der Waals surface area contributed by atoms with Crippen molar-refractivity contribution in [2.75, 3.05) is 26.4 Å². The third kappa shape index (κ3) is 3.20. The van der Waals surface area contributed by atoms with Gasteiger partial charge in [-0.25, -0.2) is 10.9 Å². The van der Waals surface area contributed by atoms with Crippen LogP contribution in [0.4, 0.5) is 0 Å². The molecule has 0 aromatic heterocycles. The molecule has 0 aromatic carbocycles. The molecule has 2 N–H and O–H groups in total. The van der Waals surface area contributed by atoms with Crippen molar-refractivity contribution in [3.8, 4) is 0 Å². The minimum absolute atomic E-state index is 0.590. The second-order valence-corrected chi connectivity index (χ2v) is 2.37. The van der Waals surface area contributed by atoms with Gasteiger partial charge in [0.1, 0.15) is 0 Å². The van der Waals surface area contributed by atoms with Crippen LogP contribution in [0.25, 0.3) is 10.4 Å². The molecule has 0 aliphatic carbocycles. The molecule has 6 heteroatoms. The Bertz CT molecular complexity index is 145. The molecule has 1 rings (SSSR count). The molecule has 1 heterocycles. The monoisotopic (exact) mass is 156 g/mol. The van der Waals surface area contributed by atoms with Gasteiger partial charge in [-0.1, -0.05) is 5.11 Å². The summed E-state index contributed by atoms with van der Waals surface area (Å²) in [6.45, 7) is 3.30. The van der Waals surface area contributed by atoms with E-state index >= 15 is 0 Å². The number of hydrazine groups is 1. The van der Waals surface area contributed by atoms with Gasteiger partial charge < -0.3 is 0 Å². The summed E-state index contributed by atoms with van der Waals surface area (Å²) in [7, 11) is 0. The largest absolute Gasteiger partial charge is 0.276 e. The van der Waals surface area contributed by atoms with E-state index in [9.17, 15) is 0 Å². The van der Waals surface area contributed by atoms with Crippen molar-refractivity contribution in [2.45, 2.75) is 6.42 Å². The van der Waals surface area contributed by atoms with Gasteiger partial charge in [0.25, 0.3) is 0 Å². The molecule has 0 bridgehead atoms. The lowest BCUT2D eigenvalue weighted by Crippen LogP contribution is -2.23. The topological polar surface area (TPSA) is 76.1 Å². The maximum atomic E-state index is 7.98. The van der Waals surface area contributed by atoms with Crippen LogP contribution in [0.2, 0.25) is 0 Å². The SMILES string of the molecule is [N-]=[N+]=NCCCN1CNNC1. The quantitative estimate of drug-likeness (QED) is 0.260. The van der Waals surface area contributed by atoms with Crippen LogP contribution in [0.3, 0.4) is 0 Å². The van der Waals surface area contributed by atoms with E-state index in [2.05, 4.69) is 25.8 Å². The van der Waals surface area contributed by atoms with Crippen LogP contribution in [0.5, 0.6) is 0 Å². The predicted octanol–water partition coefficient (Wildman–Crippen LogP) is 0.0116. The summed E-state index contributed by atoms with van der Waals surface area (Å²) in [5.41, 5.74) is 13.9. The molecule has 1 aliphatic rings. The first-order chi connectivity index (χ1) is 5.43. The molecule has 11 heavy (non-hydrogen) atoms. The fourth-order valence-electron chi connectivity index (χ4n) is 0.959. The van der Waals surface area contributed by atoms with Crippen LogP contribution in [0.15, 0.2) is 5.11 Å². The highest BCUT2D eigenvalue weighted by molar-refractivity contribution is 4.59. The minimum Gasteiger partial charge on any atom is -0.276 e. The van der Waals surface area contributed by atoms with Crippen molar-refractivity contribution >= 4 is 0 Å². The summed E-state index contributed by atoms with van der Waals surface area (Å²) in [6.07, 6.45) is 0.924. The third-order valence-electron chi connectivity index (χ3n) is 1.53. The fraction of sp³-hybridized carbons (Fsp3) is 1.00. The minimum atomic E-state index is 0.590. The van der Waals surface area contributed by atoms with Crippen molar-refractivity contribution < 1.29 is 0 Å². The summed E-state index contributed by atoms with van der Waals surface area (Å²) in [5.74, 6) is 0. The van der Waals surface area contributed by atoms with Crippen molar-refractivity contribution in [2.24, 2.45) is 5.11 Å². The first-order valence-corrected chi connectivity index (χ1v) is 3.62. The van der Waals surface area contributed by atoms with Gasteiger partial charge in [-0.3, -0.25) is 4.90 Å². The van der Waals surface area contributed by atoms with Crippen LogP contribution < -0.4 is 10.9 Å². The molecular formula is C5H12N6. The van der Waals surface area contributed by atoms with E-state index in [-0.39, 0.29) is 0 Å². The molecule has 0 radical (unpaired) electrons. The first kappa shape index (κ1) is 8.29. The Kier molecular flexibility index (Phi) is 3.71. The first-order valence-electron chi connectivity index (χ1n) is 3.62. The zero-order valence-corrected chi connectivity index (χ0v) is 6.32. The maximum Gasteiger partial charge on any atom is 0.0626 e. The normalized spacial score (nSPS) is 18.2.